The number of carbonyl (C=O) groups excluding carboxylic acids is 2. The Bertz CT molecular complexity index is 830. The molecule has 2 amide bonds. The summed E-state index contributed by atoms with van der Waals surface area (Å²) in [6.07, 6.45) is 6.58. The molecule has 0 saturated carbocycles. The van der Waals surface area contributed by atoms with Crippen LogP contribution in [0.5, 0.6) is 0 Å². The fraction of sp³-hybridized carbons (Fsp3) is 0.111. The lowest BCUT2D eigenvalue weighted by atomic mass is 10.2. The summed E-state index contributed by atoms with van der Waals surface area (Å²) in [4.78, 5) is 32.1. The molecule has 126 valence electrons. The lowest BCUT2D eigenvalue weighted by Crippen LogP contribution is -2.34. The summed E-state index contributed by atoms with van der Waals surface area (Å²) in [5.41, 5.74) is 1.05. The van der Waals surface area contributed by atoms with Crippen LogP contribution in [0, 0.1) is 0 Å². The molecule has 0 aliphatic rings. The molecule has 0 spiro atoms. The van der Waals surface area contributed by atoms with Crippen molar-refractivity contribution in [1.29, 1.82) is 0 Å². The van der Waals surface area contributed by atoms with Crippen LogP contribution in [0.4, 0.5) is 0 Å². The molecule has 0 fully saturated rings. The number of amides is 2. The zero-order chi connectivity index (χ0) is 17.5. The molecule has 0 radical (unpaired) electrons. The summed E-state index contributed by atoms with van der Waals surface area (Å²) in [5.74, 6) is 0.281. The highest BCUT2D eigenvalue weighted by Gasteiger charge is 2.07. The first-order valence-corrected chi connectivity index (χ1v) is 7.80. The lowest BCUT2D eigenvalue weighted by Gasteiger charge is -2.08. The van der Waals surface area contributed by atoms with Crippen LogP contribution in [-0.2, 0) is 0 Å². The van der Waals surface area contributed by atoms with Gasteiger partial charge in [-0.1, -0.05) is 18.2 Å². The first kappa shape index (κ1) is 16.4. The third-order valence-corrected chi connectivity index (χ3v) is 3.51. The minimum atomic E-state index is -0.237. The number of pyridine rings is 1. The Hall–Kier alpha value is -3.48. The molecule has 3 rings (SSSR count). The molecule has 7 heteroatoms. The van der Waals surface area contributed by atoms with E-state index in [9.17, 15) is 9.59 Å². The zero-order valence-electron chi connectivity index (χ0n) is 13.4. The van der Waals surface area contributed by atoms with E-state index in [1.54, 1.807) is 59.7 Å². The van der Waals surface area contributed by atoms with E-state index in [1.807, 2.05) is 6.07 Å². The van der Waals surface area contributed by atoms with Crippen LogP contribution in [-0.4, -0.2) is 39.4 Å². The van der Waals surface area contributed by atoms with Gasteiger partial charge < -0.3 is 10.6 Å². The Morgan fingerprint density at radius 3 is 2.24 bits per heavy atom. The van der Waals surface area contributed by atoms with E-state index in [0.29, 0.717) is 30.0 Å². The van der Waals surface area contributed by atoms with Crippen LogP contribution in [0.25, 0.3) is 5.82 Å². The van der Waals surface area contributed by atoms with Crippen LogP contribution >= 0.6 is 0 Å². The third-order valence-electron chi connectivity index (χ3n) is 3.51. The lowest BCUT2D eigenvalue weighted by molar-refractivity contribution is 0.0927. The molecule has 2 aromatic heterocycles. The first-order valence-electron chi connectivity index (χ1n) is 7.80. The number of imidazole rings is 1. The molecular weight excluding hydrogens is 318 g/mol. The number of aromatic nitrogens is 3. The molecule has 0 saturated heterocycles. The number of nitrogens with zero attached hydrogens (tertiary/aromatic N) is 3. The first-order chi connectivity index (χ1) is 12.2. The van der Waals surface area contributed by atoms with E-state index in [4.69, 9.17) is 0 Å². The van der Waals surface area contributed by atoms with Gasteiger partial charge in [0, 0.05) is 37.2 Å². The minimum absolute atomic E-state index is 0.166. The quantitative estimate of drug-likeness (QED) is 0.667. The second kappa shape index (κ2) is 7.87. The van der Waals surface area contributed by atoms with Gasteiger partial charge in [0.1, 0.15) is 12.1 Å². The predicted octanol–water partition coefficient (Wildman–Crippen LogP) is 1.43. The summed E-state index contributed by atoms with van der Waals surface area (Å²) >= 11 is 0. The largest absolute Gasteiger partial charge is 0.350 e. The Morgan fingerprint density at radius 1 is 0.920 bits per heavy atom. The van der Waals surface area contributed by atoms with Gasteiger partial charge in [-0.15, -0.1) is 0 Å². The highest BCUT2D eigenvalue weighted by atomic mass is 16.2. The molecule has 0 unspecified atom stereocenters. The van der Waals surface area contributed by atoms with Gasteiger partial charge in [0.25, 0.3) is 11.8 Å². The number of rotatable bonds is 6. The average Bonchev–Trinajstić information content (AvgIpc) is 3.20. The molecule has 0 aliphatic heterocycles. The van der Waals surface area contributed by atoms with Crippen molar-refractivity contribution in [1.82, 2.24) is 25.2 Å². The highest BCUT2D eigenvalue weighted by molar-refractivity contribution is 5.95. The summed E-state index contributed by atoms with van der Waals surface area (Å²) in [7, 11) is 0. The van der Waals surface area contributed by atoms with E-state index in [2.05, 4.69) is 20.6 Å². The highest BCUT2D eigenvalue weighted by Crippen LogP contribution is 2.05. The molecule has 2 N–H and O–H groups in total. The molecule has 0 aliphatic carbocycles. The number of carbonyl (C=O) groups is 2. The van der Waals surface area contributed by atoms with Crippen molar-refractivity contribution >= 4 is 11.8 Å². The van der Waals surface area contributed by atoms with Gasteiger partial charge in [0.2, 0.25) is 0 Å². The molecule has 3 aromatic rings. The van der Waals surface area contributed by atoms with E-state index in [0.717, 1.165) is 0 Å². The summed E-state index contributed by atoms with van der Waals surface area (Å²) in [6, 6.07) is 12.4. The van der Waals surface area contributed by atoms with E-state index in [1.165, 1.54) is 6.20 Å². The monoisotopic (exact) mass is 335 g/mol. The molecule has 1 aromatic carbocycles. The molecule has 0 bridgehead atoms. The number of hydrogen-bond acceptors (Lipinski definition) is 4. The van der Waals surface area contributed by atoms with Gasteiger partial charge in [0.15, 0.2) is 0 Å². The fourth-order valence-corrected chi connectivity index (χ4v) is 2.21. The maximum atomic E-state index is 12.1. The standard InChI is InChI=1S/C18H17N5O2/c24-17(14-4-2-1-3-5-14)20-8-9-21-18(25)15-6-7-16(22-12-15)23-11-10-19-13-23/h1-7,10-13H,8-9H2,(H,20,24)(H,21,25). The van der Waals surface area contributed by atoms with Gasteiger partial charge in [-0.2, -0.15) is 0 Å². The second-order valence-electron chi connectivity index (χ2n) is 5.25. The van der Waals surface area contributed by atoms with Gasteiger partial charge in [0.05, 0.1) is 5.56 Å². The average molecular weight is 335 g/mol. The van der Waals surface area contributed by atoms with Crippen molar-refractivity contribution in [2.45, 2.75) is 0 Å². The van der Waals surface area contributed by atoms with Crippen molar-refractivity contribution in [3.8, 4) is 5.82 Å². The second-order valence-corrected chi connectivity index (χ2v) is 5.25. The Morgan fingerprint density at radius 2 is 1.64 bits per heavy atom. The molecular formula is C18H17N5O2. The maximum absolute atomic E-state index is 12.1. The van der Waals surface area contributed by atoms with Crippen molar-refractivity contribution < 1.29 is 9.59 Å². The zero-order valence-corrected chi connectivity index (χ0v) is 13.4. The van der Waals surface area contributed by atoms with Crippen molar-refractivity contribution in [2.75, 3.05) is 13.1 Å². The third kappa shape index (κ3) is 4.29. The SMILES string of the molecule is O=C(NCCNC(=O)c1ccc(-n2ccnc2)nc1)c1ccccc1. The Balaban J connectivity index is 1.46. The van der Waals surface area contributed by atoms with Crippen LogP contribution in [0.3, 0.4) is 0 Å². The fourth-order valence-electron chi connectivity index (χ4n) is 2.21. The summed E-state index contributed by atoms with van der Waals surface area (Å²) in [5, 5.41) is 5.50. The maximum Gasteiger partial charge on any atom is 0.252 e. The van der Waals surface area contributed by atoms with Crippen LogP contribution in [0.1, 0.15) is 20.7 Å². The Labute approximate surface area is 144 Å². The molecule has 7 nitrogen and oxygen atoms in total. The molecule has 25 heavy (non-hydrogen) atoms. The van der Waals surface area contributed by atoms with E-state index >= 15 is 0 Å². The smallest absolute Gasteiger partial charge is 0.252 e. The van der Waals surface area contributed by atoms with Crippen LogP contribution < -0.4 is 10.6 Å². The normalized spacial score (nSPS) is 10.2. The molecule has 2 heterocycles. The summed E-state index contributed by atoms with van der Waals surface area (Å²) in [6.45, 7) is 0.681. The van der Waals surface area contributed by atoms with Gasteiger partial charge >= 0.3 is 0 Å². The van der Waals surface area contributed by atoms with Gasteiger partial charge in [-0.25, -0.2) is 9.97 Å². The topological polar surface area (TPSA) is 88.9 Å². The predicted molar refractivity (Wildman–Crippen MR) is 92.5 cm³/mol. The van der Waals surface area contributed by atoms with E-state index in [-0.39, 0.29) is 11.8 Å². The van der Waals surface area contributed by atoms with Crippen LogP contribution in [0.15, 0.2) is 67.4 Å². The van der Waals surface area contributed by atoms with E-state index < -0.39 is 0 Å². The van der Waals surface area contributed by atoms with Crippen molar-refractivity contribution in [2.24, 2.45) is 0 Å². The van der Waals surface area contributed by atoms with Crippen LogP contribution in [0.2, 0.25) is 0 Å². The minimum Gasteiger partial charge on any atom is -0.350 e. The van der Waals surface area contributed by atoms with Crippen molar-refractivity contribution in [3.05, 3.63) is 78.5 Å². The number of nitrogens with one attached hydrogen (secondary N) is 2. The number of benzene rings is 1. The van der Waals surface area contributed by atoms with Crippen molar-refractivity contribution in [3.63, 3.8) is 0 Å². The summed E-state index contributed by atoms with van der Waals surface area (Å²) < 4.78 is 1.75. The number of hydrogen-bond donors (Lipinski definition) is 2. The van der Waals surface area contributed by atoms with Gasteiger partial charge in [-0.05, 0) is 24.3 Å². The Kier molecular flexibility index (Phi) is 5.16. The molecule has 0 atom stereocenters. The van der Waals surface area contributed by atoms with Gasteiger partial charge in [-0.3, -0.25) is 14.2 Å².